The lowest BCUT2D eigenvalue weighted by Gasteiger charge is -2.35. The summed E-state index contributed by atoms with van der Waals surface area (Å²) in [4.78, 5) is 49.3. The maximum Gasteiger partial charge on any atom is 0.338 e. The molecule has 5 rings (SSSR count). The molecule has 0 radical (unpaired) electrons. The van der Waals surface area contributed by atoms with Crippen LogP contribution in [-0.4, -0.2) is 73.2 Å². The number of aromatic hydroxyl groups is 1. The molecule has 0 saturated carbocycles. The zero-order chi connectivity index (χ0) is 27.8. The number of carbonyl (C=O) groups is 2. The molecule has 1 saturated heterocycles. The molecular formula is C26H26FN5O6S. The predicted molar refractivity (Wildman–Crippen MR) is 139 cm³/mol. The number of methoxy groups -OCH3 is 1. The summed E-state index contributed by atoms with van der Waals surface area (Å²) < 4.78 is 26.9. The van der Waals surface area contributed by atoms with Crippen LogP contribution < -0.4 is 5.56 Å². The number of halogens is 1. The molecule has 1 aliphatic rings. The number of nitrogens with zero attached hydrogens (tertiary/aromatic N) is 5. The summed E-state index contributed by atoms with van der Waals surface area (Å²) in [6.45, 7) is 4.71. The molecule has 1 aromatic carbocycles. The molecule has 0 bridgehead atoms. The maximum absolute atomic E-state index is 13.7. The second-order valence-electron chi connectivity index (χ2n) is 9.37. The monoisotopic (exact) mass is 555 g/mol. The standard InChI is InChI=1S/C26H26FN5O6S/c1-14-11-31(12-15(2)38-14)20(33)13-30-6-7-32-24(35)22(34)21(29-26(30)32)23-28-10-18(39-23)8-16-4-5-17(27)9-19(16)25(36)37-3/h4-7,9-10,14-15,34H,8,11-13H2,1-3H3. The van der Waals surface area contributed by atoms with Gasteiger partial charge in [-0.05, 0) is 31.5 Å². The van der Waals surface area contributed by atoms with Crippen molar-refractivity contribution >= 4 is 29.0 Å². The number of ether oxygens (including phenoxy) is 2. The first kappa shape index (κ1) is 26.5. The largest absolute Gasteiger partial charge is 0.501 e. The average molecular weight is 556 g/mol. The van der Waals surface area contributed by atoms with E-state index in [4.69, 9.17) is 9.47 Å². The summed E-state index contributed by atoms with van der Waals surface area (Å²) in [7, 11) is 1.22. The fraction of sp³-hybridized carbons (Fsp3) is 0.346. The van der Waals surface area contributed by atoms with Crippen LogP contribution in [-0.2, 0) is 27.2 Å². The molecule has 2 unspecified atom stereocenters. The van der Waals surface area contributed by atoms with Gasteiger partial charge in [-0.15, -0.1) is 11.3 Å². The average Bonchev–Trinajstić information content (AvgIpc) is 3.53. The first-order valence-electron chi connectivity index (χ1n) is 12.2. The third kappa shape index (κ3) is 5.27. The Bertz CT molecular complexity index is 1620. The zero-order valence-electron chi connectivity index (χ0n) is 21.5. The van der Waals surface area contributed by atoms with E-state index in [1.54, 1.807) is 15.7 Å². The molecule has 11 nitrogen and oxygen atoms in total. The lowest BCUT2D eigenvalue weighted by Crippen LogP contribution is -2.49. The molecule has 2 atom stereocenters. The number of benzene rings is 1. The Morgan fingerprint density at radius 3 is 2.69 bits per heavy atom. The molecule has 1 N–H and O–H groups in total. The molecule has 0 aliphatic carbocycles. The van der Waals surface area contributed by atoms with Crippen LogP contribution in [0.15, 0.2) is 41.6 Å². The number of fused-ring (bicyclic) bond motifs is 1. The number of thiazole rings is 1. The maximum atomic E-state index is 13.7. The molecule has 1 fully saturated rings. The zero-order valence-corrected chi connectivity index (χ0v) is 22.3. The summed E-state index contributed by atoms with van der Waals surface area (Å²) in [5, 5.41) is 10.9. The van der Waals surface area contributed by atoms with Crippen LogP contribution in [0.3, 0.4) is 0 Å². The van der Waals surface area contributed by atoms with Crippen molar-refractivity contribution in [3.8, 4) is 16.5 Å². The highest BCUT2D eigenvalue weighted by Crippen LogP contribution is 2.31. The van der Waals surface area contributed by atoms with E-state index in [1.807, 2.05) is 13.8 Å². The van der Waals surface area contributed by atoms with Crippen LogP contribution in [0.25, 0.3) is 16.5 Å². The SMILES string of the molecule is COC(=O)c1cc(F)ccc1Cc1cnc(-c2nc3n(CC(=O)N4CC(C)OC(C)C4)ccn3c(=O)c2O)s1. The molecule has 1 aliphatic heterocycles. The Morgan fingerprint density at radius 1 is 1.23 bits per heavy atom. The highest BCUT2D eigenvalue weighted by atomic mass is 32.1. The smallest absolute Gasteiger partial charge is 0.338 e. The van der Waals surface area contributed by atoms with Gasteiger partial charge in [-0.1, -0.05) is 6.07 Å². The Balaban J connectivity index is 1.44. The molecule has 13 heteroatoms. The van der Waals surface area contributed by atoms with E-state index >= 15 is 0 Å². The van der Waals surface area contributed by atoms with Crippen molar-refractivity contribution in [3.63, 3.8) is 0 Å². The van der Waals surface area contributed by atoms with E-state index < -0.39 is 23.1 Å². The first-order chi connectivity index (χ1) is 18.6. The van der Waals surface area contributed by atoms with Crippen molar-refractivity contribution in [2.75, 3.05) is 20.2 Å². The molecule has 0 spiro atoms. The topological polar surface area (TPSA) is 128 Å². The van der Waals surface area contributed by atoms with Crippen molar-refractivity contribution in [3.05, 3.63) is 69.0 Å². The van der Waals surface area contributed by atoms with Gasteiger partial charge >= 0.3 is 11.5 Å². The van der Waals surface area contributed by atoms with E-state index in [0.717, 1.165) is 17.4 Å². The molecule has 1 amide bonds. The van der Waals surface area contributed by atoms with Gasteiger partial charge in [0.05, 0.1) is 24.9 Å². The number of morpholine rings is 1. The Kier molecular flexibility index (Phi) is 7.19. The van der Waals surface area contributed by atoms with E-state index in [9.17, 15) is 23.9 Å². The van der Waals surface area contributed by atoms with Crippen molar-refractivity contribution < 1.29 is 28.6 Å². The molecule has 4 aromatic rings. The van der Waals surface area contributed by atoms with Gasteiger partial charge in [0.25, 0.3) is 0 Å². The van der Waals surface area contributed by atoms with Gasteiger partial charge in [-0.2, -0.15) is 0 Å². The fourth-order valence-electron chi connectivity index (χ4n) is 4.65. The van der Waals surface area contributed by atoms with E-state index in [0.29, 0.717) is 23.5 Å². The third-order valence-electron chi connectivity index (χ3n) is 6.40. The minimum atomic E-state index is -0.696. The minimum Gasteiger partial charge on any atom is -0.501 e. The van der Waals surface area contributed by atoms with Gasteiger partial charge in [0.2, 0.25) is 17.4 Å². The number of rotatable bonds is 6. The summed E-state index contributed by atoms with van der Waals surface area (Å²) in [5.41, 5.74) is -0.0902. The second-order valence-corrected chi connectivity index (χ2v) is 10.5. The minimum absolute atomic E-state index is 0.0236. The van der Waals surface area contributed by atoms with Gasteiger partial charge in [-0.25, -0.2) is 23.6 Å². The van der Waals surface area contributed by atoms with Gasteiger partial charge in [0, 0.05) is 43.0 Å². The van der Waals surface area contributed by atoms with Crippen molar-refractivity contribution in [1.82, 2.24) is 23.8 Å². The predicted octanol–water partition coefficient (Wildman–Crippen LogP) is 2.48. The van der Waals surface area contributed by atoms with Crippen LogP contribution in [0.4, 0.5) is 4.39 Å². The van der Waals surface area contributed by atoms with Gasteiger partial charge < -0.3 is 24.0 Å². The summed E-state index contributed by atoms with van der Waals surface area (Å²) in [6, 6.07) is 3.85. The quantitative estimate of drug-likeness (QED) is 0.360. The molecule has 3 aromatic heterocycles. The van der Waals surface area contributed by atoms with Gasteiger partial charge in [0.15, 0.2) is 5.69 Å². The fourth-order valence-corrected chi connectivity index (χ4v) is 5.58. The molecule has 4 heterocycles. The number of aromatic nitrogens is 4. The summed E-state index contributed by atoms with van der Waals surface area (Å²) >= 11 is 1.16. The number of imidazole rings is 1. The second kappa shape index (κ2) is 10.6. The van der Waals surface area contributed by atoms with Gasteiger partial charge in [-0.3, -0.25) is 9.59 Å². The Hall–Kier alpha value is -4.10. The van der Waals surface area contributed by atoms with E-state index in [2.05, 4.69) is 9.97 Å². The summed E-state index contributed by atoms with van der Waals surface area (Å²) in [5.74, 6) is -1.77. The number of hydrogen-bond donors (Lipinski definition) is 1. The van der Waals surface area contributed by atoms with Crippen LogP contribution in [0.2, 0.25) is 0 Å². The Labute approximate surface area is 226 Å². The molecule has 39 heavy (non-hydrogen) atoms. The van der Waals surface area contributed by atoms with Crippen molar-refractivity contribution in [1.29, 1.82) is 0 Å². The summed E-state index contributed by atoms with van der Waals surface area (Å²) in [6.07, 6.45) is 4.63. The number of carbonyl (C=O) groups excluding carboxylic acids is 2. The first-order valence-corrected chi connectivity index (χ1v) is 13.0. The third-order valence-corrected chi connectivity index (χ3v) is 7.41. The number of amides is 1. The normalized spacial score (nSPS) is 17.5. The highest BCUT2D eigenvalue weighted by Gasteiger charge is 2.27. The number of esters is 1. The van der Waals surface area contributed by atoms with Gasteiger partial charge in [0.1, 0.15) is 17.4 Å². The lowest BCUT2D eigenvalue weighted by atomic mass is 10.0. The van der Waals surface area contributed by atoms with Crippen molar-refractivity contribution in [2.45, 2.75) is 39.0 Å². The van der Waals surface area contributed by atoms with E-state index in [1.165, 1.54) is 36.0 Å². The van der Waals surface area contributed by atoms with E-state index in [-0.39, 0.29) is 53.1 Å². The molecular weight excluding hydrogens is 529 g/mol. The molecule has 204 valence electrons. The van der Waals surface area contributed by atoms with Crippen molar-refractivity contribution in [2.24, 2.45) is 0 Å². The van der Waals surface area contributed by atoms with Crippen LogP contribution >= 0.6 is 11.3 Å². The lowest BCUT2D eigenvalue weighted by molar-refractivity contribution is -0.143. The highest BCUT2D eigenvalue weighted by molar-refractivity contribution is 7.15. The number of hydrogen-bond acceptors (Lipinski definition) is 9. The van der Waals surface area contributed by atoms with Crippen LogP contribution in [0.5, 0.6) is 5.75 Å². The Morgan fingerprint density at radius 2 is 1.97 bits per heavy atom. The van der Waals surface area contributed by atoms with Crippen LogP contribution in [0, 0.1) is 5.82 Å². The van der Waals surface area contributed by atoms with Crippen LogP contribution in [0.1, 0.15) is 34.6 Å².